The number of carbonyl (C=O) groups is 2. The summed E-state index contributed by atoms with van der Waals surface area (Å²) in [6, 6.07) is 22.7. The van der Waals surface area contributed by atoms with Gasteiger partial charge in [-0.2, -0.15) is 0 Å². The molecule has 1 N–H and O–H groups in total. The van der Waals surface area contributed by atoms with E-state index in [1.165, 1.54) is 0 Å². The number of thioether (sulfide) groups is 1. The Morgan fingerprint density at radius 1 is 1.03 bits per heavy atom. The van der Waals surface area contributed by atoms with Gasteiger partial charge < -0.3 is 10.1 Å². The van der Waals surface area contributed by atoms with E-state index >= 15 is 0 Å². The second kappa shape index (κ2) is 8.63. The van der Waals surface area contributed by atoms with Gasteiger partial charge >= 0.3 is 0 Å². The summed E-state index contributed by atoms with van der Waals surface area (Å²) < 4.78 is 5.21. The lowest BCUT2D eigenvalue weighted by molar-refractivity contribution is -0.115. The maximum Gasteiger partial charge on any atom is 0.255 e. The molecule has 1 saturated heterocycles. The quantitative estimate of drug-likeness (QED) is 0.631. The number of benzene rings is 3. The van der Waals surface area contributed by atoms with Crippen LogP contribution in [0.25, 0.3) is 0 Å². The fourth-order valence-corrected chi connectivity index (χ4v) is 4.63. The van der Waals surface area contributed by atoms with E-state index < -0.39 is 0 Å². The molecule has 1 atom stereocenters. The molecule has 2 amide bonds. The normalized spacial score (nSPS) is 15.9. The van der Waals surface area contributed by atoms with Gasteiger partial charge in [0.05, 0.1) is 12.9 Å². The Bertz CT molecular complexity index is 1060. The number of aryl methyl sites for hydroxylation is 1. The number of rotatable bonds is 5. The number of ether oxygens (including phenoxy) is 1. The molecule has 0 spiro atoms. The molecular weight excluding hydrogens is 396 g/mol. The van der Waals surface area contributed by atoms with Gasteiger partial charge in [-0.05, 0) is 60.5 Å². The van der Waals surface area contributed by atoms with Crippen molar-refractivity contribution >= 4 is 35.0 Å². The van der Waals surface area contributed by atoms with Crippen LogP contribution in [0.1, 0.15) is 26.9 Å². The Balaban J connectivity index is 1.52. The highest BCUT2D eigenvalue weighted by Gasteiger charge is 2.34. The van der Waals surface area contributed by atoms with Crippen molar-refractivity contribution in [3.8, 4) is 5.75 Å². The standard InChI is InChI=1S/C24H22N2O3S/c1-16-5-3-4-6-21(16)23(28)25-18-9-7-17(8-10-18)24-26(22(27)15-30-24)19-11-13-20(29-2)14-12-19/h3-14,24H,15H2,1-2H3,(H,25,28)/t24-/m0/s1. The summed E-state index contributed by atoms with van der Waals surface area (Å²) in [6.07, 6.45) is 0. The van der Waals surface area contributed by atoms with Gasteiger partial charge in [-0.15, -0.1) is 11.8 Å². The zero-order valence-corrected chi connectivity index (χ0v) is 17.6. The number of carbonyl (C=O) groups excluding carboxylic acids is 2. The number of methoxy groups -OCH3 is 1. The Morgan fingerprint density at radius 3 is 2.40 bits per heavy atom. The predicted molar refractivity (Wildman–Crippen MR) is 121 cm³/mol. The summed E-state index contributed by atoms with van der Waals surface area (Å²) in [5.74, 6) is 1.13. The van der Waals surface area contributed by atoms with Crippen LogP contribution in [0.15, 0.2) is 72.8 Å². The highest BCUT2D eigenvalue weighted by atomic mass is 32.2. The zero-order chi connectivity index (χ0) is 21.1. The first-order chi connectivity index (χ1) is 14.6. The number of hydrogen-bond donors (Lipinski definition) is 1. The van der Waals surface area contributed by atoms with E-state index in [9.17, 15) is 9.59 Å². The van der Waals surface area contributed by atoms with E-state index in [0.29, 0.717) is 11.3 Å². The number of nitrogens with zero attached hydrogens (tertiary/aromatic N) is 1. The predicted octanol–water partition coefficient (Wildman–Crippen LogP) is 5.03. The Morgan fingerprint density at radius 2 is 1.73 bits per heavy atom. The molecule has 6 heteroatoms. The number of hydrogen-bond acceptors (Lipinski definition) is 4. The molecule has 1 fully saturated rings. The molecule has 0 saturated carbocycles. The zero-order valence-electron chi connectivity index (χ0n) is 16.8. The average molecular weight is 419 g/mol. The lowest BCUT2D eigenvalue weighted by atomic mass is 10.1. The van der Waals surface area contributed by atoms with Crippen LogP contribution in [-0.4, -0.2) is 24.7 Å². The van der Waals surface area contributed by atoms with Gasteiger partial charge in [0.15, 0.2) is 0 Å². The van der Waals surface area contributed by atoms with Crippen molar-refractivity contribution < 1.29 is 14.3 Å². The molecule has 5 nitrogen and oxygen atoms in total. The van der Waals surface area contributed by atoms with Gasteiger partial charge in [0.1, 0.15) is 11.1 Å². The van der Waals surface area contributed by atoms with Crippen LogP contribution in [0.5, 0.6) is 5.75 Å². The number of nitrogens with one attached hydrogen (secondary N) is 1. The molecule has 30 heavy (non-hydrogen) atoms. The number of amides is 2. The monoisotopic (exact) mass is 418 g/mol. The summed E-state index contributed by atoms with van der Waals surface area (Å²) in [6.45, 7) is 1.92. The van der Waals surface area contributed by atoms with Crippen molar-refractivity contribution in [2.45, 2.75) is 12.3 Å². The van der Waals surface area contributed by atoms with Gasteiger partial charge in [0, 0.05) is 16.9 Å². The summed E-state index contributed by atoms with van der Waals surface area (Å²) in [4.78, 5) is 26.9. The lowest BCUT2D eigenvalue weighted by Crippen LogP contribution is -2.27. The van der Waals surface area contributed by atoms with Gasteiger partial charge in [0.25, 0.3) is 5.91 Å². The molecule has 1 heterocycles. The second-order valence-corrected chi connectivity index (χ2v) is 8.08. The van der Waals surface area contributed by atoms with E-state index in [2.05, 4.69) is 5.32 Å². The smallest absolute Gasteiger partial charge is 0.255 e. The fourth-order valence-electron chi connectivity index (χ4n) is 3.45. The first kappa shape index (κ1) is 20.0. The third-order valence-electron chi connectivity index (χ3n) is 5.06. The van der Waals surface area contributed by atoms with Crippen molar-refractivity contribution in [2.24, 2.45) is 0 Å². The Labute approximate surface area is 180 Å². The first-order valence-electron chi connectivity index (χ1n) is 9.61. The maximum atomic E-state index is 12.5. The molecular formula is C24H22N2O3S. The molecule has 3 aromatic rings. The molecule has 0 unspecified atom stereocenters. The van der Waals surface area contributed by atoms with Crippen LogP contribution in [0.2, 0.25) is 0 Å². The topological polar surface area (TPSA) is 58.6 Å². The van der Waals surface area contributed by atoms with Crippen LogP contribution >= 0.6 is 11.8 Å². The fraction of sp³-hybridized carbons (Fsp3) is 0.167. The molecule has 0 radical (unpaired) electrons. The average Bonchev–Trinajstić information content (AvgIpc) is 3.16. The van der Waals surface area contributed by atoms with E-state index in [4.69, 9.17) is 4.74 Å². The van der Waals surface area contributed by atoms with Crippen molar-refractivity contribution in [3.63, 3.8) is 0 Å². The minimum Gasteiger partial charge on any atom is -0.497 e. The third-order valence-corrected chi connectivity index (χ3v) is 6.27. The van der Waals surface area contributed by atoms with Crippen molar-refractivity contribution in [2.75, 3.05) is 23.1 Å². The molecule has 0 bridgehead atoms. The second-order valence-electron chi connectivity index (χ2n) is 7.02. The van der Waals surface area contributed by atoms with Crippen LogP contribution in [0, 0.1) is 6.92 Å². The molecule has 3 aromatic carbocycles. The van der Waals surface area contributed by atoms with Crippen LogP contribution in [0.4, 0.5) is 11.4 Å². The van der Waals surface area contributed by atoms with Gasteiger partial charge in [-0.25, -0.2) is 0 Å². The van der Waals surface area contributed by atoms with E-state index in [-0.39, 0.29) is 17.2 Å². The van der Waals surface area contributed by atoms with Gasteiger partial charge in [-0.1, -0.05) is 30.3 Å². The molecule has 152 valence electrons. The van der Waals surface area contributed by atoms with Crippen molar-refractivity contribution in [1.82, 2.24) is 0 Å². The van der Waals surface area contributed by atoms with Crippen LogP contribution in [-0.2, 0) is 4.79 Å². The van der Waals surface area contributed by atoms with E-state index in [1.54, 1.807) is 18.9 Å². The third kappa shape index (κ3) is 4.04. The molecule has 0 aromatic heterocycles. The van der Waals surface area contributed by atoms with Crippen LogP contribution in [0.3, 0.4) is 0 Å². The van der Waals surface area contributed by atoms with Crippen LogP contribution < -0.4 is 15.0 Å². The first-order valence-corrected chi connectivity index (χ1v) is 10.7. The molecule has 0 aliphatic carbocycles. The lowest BCUT2D eigenvalue weighted by Gasteiger charge is -2.24. The summed E-state index contributed by atoms with van der Waals surface area (Å²) in [5.41, 5.74) is 4.16. The summed E-state index contributed by atoms with van der Waals surface area (Å²) in [5, 5.41) is 2.84. The van der Waals surface area contributed by atoms with Gasteiger partial charge in [-0.3, -0.25) is 14.5 Å². The van der Waals surface area contributed by atoms with Crippen molar-refractivity contribution in [1.29, 1.82) is 0 Å². The minimum absolute atomic E-state index is 0.0760. The van der Waals surface area contributed by atoms with E-state index in [1.807, 2.05) is 84.6 Å². The Hall–Kier alpha value is -3.25. The van der Waals surface area contributed by atoms with Gasteiger partial charge in [0.2, 0.25) is 5.91 Å². The highest BCUT2D eigenvalue weighted by molar-refractivity contribution is 8.00. The molecule has 1 aliphatic heterocycles. The number of anilines is 2. The summed E-state index contributed by atoms with van der Waals surface area (Å²) in [7, 11) is 1.62. The minimum atomic E-state index is -0.133. The Kier molecular flexibility index (Phi) is 5.77. The molecule has 4 rings (SSSR count). The van der Waals surface area contributed by atoms with Crippen molar-refractivity contribution in [3.05, 3.63) is 89.5 Å². The molecule has 1 aliphatic rings. The highest BCUT2D eigenvalue weighted by Crippen LogP contribution is 2.42. The maximum absolute atomic E-state index is 12.5. The summed E-state index contributed by atoms with van der Waals surface area (Å²) >= 11 is 1.59. The largest absolute Gasteiger partial charge is 0.497 e. The van der Waals surface area contributed by atoms with E-state index in [0.717, 1.165) is 28.3 Å². The SMILES string of the molecule is COc1ccc(N2C(=O)CS[C@H]2c2ccc(NC(=O)c3ccccc3C)cc2)cc1.